The van der Waals surface area contributed by atoms with Gasteiger partial charge in [-0.2, -0.15) is 0 Å². The van der Waals surface area contributed by atoms with Crippen LogP contribution >= 0.6 is 0 Å². The van der Waals surface area contributed by atoms with E-state index in [1.54, 1.807) is 30.5 Å². The van der Waals surface area contributed by atoms with Gasteiger partial charge in [0.05, 0.1) is 28.8 Å². The van der Waals surface area contributed by atoms with Crippen LogP contribution < -0.4 is 16.2 Å². The molecule has 0 saturated heterocycles. The van der Waals surface area contributed by atoms with Gasteiger partial charge in [-0.25, -0.2) is 9.18 Å². The van der Waals surface area contributed by atoms with Gasteiger partial charge in [-0.15, -0.1) is 0 Å². The first-order valence-corrected chi connectivity index (χ1v) is 7.10. The van der Waals surface area contributed by atoms with E-state index in [0.29, 0.717) is 5.69 Å². The number of carbonyl (C=O) groups is 1. The Morgan fingerprint density at radius 2 is 1.88 bits per heavy atom. The number of hydrogen-bond donors (Lipinski definition) is 3. The molecule has 0 unspecified atom stereocenters. The third-order valence-electron chi connectivity index (χ3n) is 3.22. The van der Waals surface area contributed by atoms with Crippen molar-refractivity contribution in [2.24, 2.45) is 0 Å². The number of urea groups is 1. The maximum atomic E-state index is 14.2. The molecule has 3 rings (SSSR count). The van der Waals surface area contributed by atoms with E-state index in [9.17, 15) is 14.0 Å². The molecule has 0 saturated carbocycles. The molecule has 0 spiro atoms. The van der Waals surface area contributed by atoms with E-state index in [0.717, 1.165) is 0 Å². The Labute approximate surface area is 136 Å². The quantitative estimate of drug-likeness (QED) is 0.691. The van der Waals surface area contributed by atoms with E-state index in [1.165, 1.54) is 30.5 Å². The fourth-order valence-corrected chi connectivity index (χ4v) is 2.22. The van der Waals surface area contributed by atoms with Crippen molar-refractivity contribution < 1.29 is 9.18 Å². The molecule has 3 N–H and O–H groups in total. The normalized spacial score (nSPS) is 10.2. The number of aromatic nitrogens is 2. The van der Waals surface area contributed by atoms with Gasteiger partial charge in [0.2, 0.25) is 5.56 Å². The highest BCUT2D eigenvalue weighted by Crippen LogP contribution is 2.28. The molecule has 2 amide bonds. The lowest BCUT2D eigenvalue weighted by Crippen LogP contribution is -2.20. The van der Waals surface area contributed by atoms with Crippen LogP contribution in [-0.4, -0.2) is 16.0 Å². The Balaban J connectivity index is 1.90. The zero-order valence-electron chi connectivity index (χ0n) is 12.4. The van der Waals surface area contributed by atoms with Crippen molar-refractivity contribution in [3.63, 3.8) is 0 Å². The summed E-state index contributed by atoms with van der Waals surface area (Å²) in [6, 6.07) is 11.5. The van der Waals surface area contributed by atoms with Crippen molar-refractivity contribution in [2.45, 2.75) is 0 Å². The predicted molar refractivity (Wildman–Crippen MR) is 89.3 cm³/mol. The third kappa shape index (κ3) is 3.46. The average Bonchev–Trinajstić information content (AvgIpc) is 2.56. The molecular weight excluding hydrogens is 311 g/mol. The first-order valence-electron chi connectivity index (χ1n) is 7.10. The van der Waals surface area contributed by atoms with Gasteiger partial charge in [-0.3, -0.25) is 9.78 Å². The van der Waals surface area contributed by atoms with Crippen LogP contribution in [0.4, 0.5) is 20.6 Å². The van der Waals surface area contributed by atoms with E-state index >= 15 is 0 Å². The maximum absolute atomic E-state index is 14.2. The van der Waals surface area contributed by atoms with Crippen LogP contribution in [-0.2, 0) is 0 Å². The summed E-state index contributed by atoms with van der Waals surface area (Å²) in [5.41, 5.74) is 0.759. The van der Waals surface area contributed by atoms with Crippen LogP contribution in [0.25, 0.3) is 11.3 Å². The Kier molecular flexibility index (Phi) is 4.33. The van der Waals surface area contributed by atoms with E-state index in [4.69, 9.17) is 0 Å². The number of nitrogens with one attached hydrogen (secondary N) is 3. The van der Waals surface area contributed by atoms with Crippen LogP contribution in [0.15, 0.2) is 65.7 Å². The molecule has 6 nitrogen and oxygen atoms in total. The van der Waals surface area contributed by atoms with Gasteiger partial charge in [-0.1, -0.05) is 12.1 Å². The molecule has 0 aliphatic rings. The molecule has 0 radical (unpaired) electrons. The van der Waals surface area contributed by atoms with Crippen molar-refractivity contribution in [1.29, 1.82) is 0 Å². The van der Waals surface area contributed by atoms with E-state index in [-0.39, 0.29) is 22.5 Å². The van der Waals surface area contributed by atoms with Crippen molar-refractivity contribution in [3.05, 3.63) is 77.1 Å². The van der Waals surface area contributed by atoms with Gasteiger partial charge >= 0.3 is 6.03 Å². The second-order valence-corrected chi connectivity index (χ2v) is 4.91. The number of pyridine rings is 2. The minimum Gasteiger partial charge on any atom is -0.322 e. The molecule has 2 heterocycles. The molecule has 7 heteroatoms. The second-order valence-electron chi connectivity index (χ2n) is 4.91. The SMILES string of the molecule is O=C(Nc1cccnc1)Nc1cccc(F)c1-c1cccc(=O)[nH]1. The topological polar surface area (TPSA) is 86.9 Å². The number of rotatable bonds is 3. The summed E-state index contributed by atoms with van der Waals surface area (Å²) in [4.78, 5) is 30.0. The lowest BCUT2D eigenvalue weighted by molar-refractivity contribution is 0.262. The zero-order valence-corrected chi connectivity index (χ0v) is 12.4. The van der Waals surface area contributed by atoms with Crippen molar-refractivity contribution in [3.8, 4) is 11.3 Å². The number of halogens is 1. The van der Waals surface area contributed by atoms with Crippen LogP contribution in [0.3, 0.4) is 0 Å². The molecule has 0 aliphatic heterocycles. The molecule has 0 bridgehead atoms. The number of nitrogens with zero attached hydrogens (tertiary/aromatic N) is 1. The first-order chi connectivity index (χ1) is 11.6. The van der Waals surface area contributed by atoms with Gasteiger partial charge in [0.1, 0.15) is 5.82 Å². The highest BCUT2D eigenvalue weighted by molar-refractivity contribution is 6.02. The standard InChI is InChI=1S/C17H13FN4O2/c18-12-5-1-6-14(16(12)13-7-2-8-15(23)21-13)22-17(24)20-11-4-3-9-19-10-11/h1-10H,(H,21,23)(H2,20,22,24). The van der Waals surface area contributed by atoms with Crippen molar-refractivity contribution >= 4 is 17.4 Å². The maximum Gasteiger partial charge on any atom is 0.323 e. The van der Waals surface area contributed by atoms with Crippen LogP contribution in [0, 0.1) is 5.82 Å². The Bertz CT molecular complexity index is 925. The van der Waals surface area contributed by atoms with Gasteiger partial charge in [-0.05, 0) is 30.3 Å². The highest BCUT2D eigenvalue weighted by Gasteiger charge is 2.14. The molecular formula is C17H13FN4O2. The molecule has 2 aromatic heterocycles. The number of carbonyl (C=O) groups excluding carboxylic acids is 1. The number of aromatic amines is 1. The molecule has 120 valence electrons. The van der Waals surface area contributed by atoms with Crippen LogP contribution in [0.2, 0.25) is 0 Å². The number of benzene rings is 1. The van der Waals surface area contributed by atoms with E-state index in [2.05, 4.69) is 20.6 Å². The number of amides is 2. The number of hydrogen-bond acceptors (Lipinski definition) is 3. The molecule has 0 atom stereocenters. The van der Waals surface area contributed by atoms with Gasteiger partial charge < -0.3 is 15.6 Å². The molecule has 3 aromatic rings. The van der Waals surface area contributed by atoms with Gasteiger partial charge in [0.25, 0.3) is 0 Å². The average molecular weight is 324 g/mol. The summed E-state index contributed by atoms with van der Waals surface area (Å²) in [6.45, 7) is 0. The third-order valence-corrected chi connectivity index (χ3v) is 3.22. The summed E-state index contributed by atoms with van der Waals surface area (Å²) in [5, 5.41) is 5.17. The Morgan fingerprint density at radius 1 is 1.04 bits per heavy atom. The summed E-state index contributed by atoms with van der Waals surface area (Å²) in [5.74, 6) is -0.559. The fourth-order valence-electron chi connectivity index (χ4n) is 2.22. The van der Waals surface area contributed by atoms with Crippen LogP contribution in [0.5, 0.6) is 0 Å². The zero-order chi connectivity index (χ0) is 16.9. The monoisotopic (exact) mass is 324 g/mol. The lowest BCUT2D eigenvalue weighted by atomic mass is 10.1. The fraction of sp³-hybridized carbons (Fsp3) is 0. The van der Waals surface area contributed by atoms with E-state index < -0.39 is 11.8 Å². The lowest BCUT2D eigenvalue weighted by Gasteiger charge is -2.12. The summed E-state index contributed by atoms with van der Waals surface area (Å²) < 4.78 is 14.2. The molecule has 0 aliphatic carbocycles. The summed E-state index contributed by atoms with van der Waals surface area (Å²) in [7, 11) is 0. The number of H-pyrrole nitrogens is 1. The number of anilines is 2. The Hall–Kier alpha value is -3.48. The second kappa shape index (κ2) is 6.74. The molecule has 1 aromatic carbocycles. The molecule has 24 heavy (non-hydrogen) atoms. The Morgan fingerprint density at radius 3 is 2.62 bits per heavy atom. The smallest absolute Gasteiger partial charge is 0.322 e. The van der Waals surface area contributed by atoms with Crippen molar-refractivity contribution in [1.82, 2.24) is 9.97 Å². The van der Waals surface area contributed by atoms with Crippen molar-refractivity contribution in [2.75, 3.05) is 10.6 Å². The summed E-state index contributed by atoms with van der Waals surface area (Å²) >= 11 is 0. The molecule has 0 fully saturated rings. The first kappa shape index (κ1) is 15.4. The minimum absolute atomic E-state index is 0.108. The largest absolute Gasteiger partial charge is 0.323 e. The van der Waals surface area contributed by atoms with Crippen LogP contribution in [0.1, 0.15) is 0 Å². The van der Waals surface area contributed by atoms with Gasteiger partial charge in [0.15, 0.2) is 0 Å². The van der Waals surface area contributed by atoms with Gasteiger partial charge in [0, 0.05) is 12.3 Å². The highest BCUT2D eigenvalue weighted by atomic mass is 19.1. The minimum atomic E-state index is -0.559. The van der Waals surface area contributed by atoms with E-state index in [1.807, 2.05) is 0 Å². The summed E-state index contributed by atoms with van der Waals surface area (Å²) in [6.07, 6.45) is 3.07. The predicted octanol–water partition coefficient (Wildman–Crippen LogP) is 3.22.